The third kappa shape index (κ3) is 6.60. The van der Waals surface area contributed by atoms with Gasteiger partial charge in [-0.3, -0.25) is 4.79 Å². The van der Waals surface area contributed by atoms with Crippen LogP contribution in [0.3, 0.4) is 0 Å². The average Bonchev–Trinajstić information content (AvgIpc) is 2.89. The standard InChI is InChI=1S/C28H36N6O/c1-33-13-15-34(16-14-33)28(35)25-4-2-3-22(17-25)20-32-27-18-24(9-10-26(27)30)23-7-5-21(6-8-23)19-31-12-11-29/h2-10,17-18,31-32H,11-16,19-20,29-30H2,1H3. The number of benzene rings is 3. The van der Waals surface area contributed by atoms with E-state index >= 15 is 0 Å². The second-order valence-electron chi connectivity index (χ2n) is 9.11. The lowest BCUT2D eigenvalue weighted by atomic mass is 10.0. The lowest BCUT2D eigenvalue weighted by molar-refractivity contribution is 0.0664. The van der Waals surface area contributed by atoms with Crippen LogP contribution in [0.2, 0.25) is 0 Å². The van der Waals surface area contributed by atoms with E-state index in [1.165, 1.54) is 5.56 Å². The van der Waals surface area contributed by atoms with Crippen molar-refractivity contribution in [3.05, 3.63) is 83.4 Å². The molecule has 0 atom stereocenters. The van der Waals surface area contributed by atoms with Gasteiger partial charge in [-0.25, -0.2) is 0 Å². The Labute approximate surface area is 208 Å². The van der Waals surface area contributed by atoms with Gasteiger partial charge in [0, 0.05) is 57.9 Å². The summed E-state index contributed by atoms with van der Waals surface area (Å²) in [5.41, 5.74) is 18.6. The first-order valence-corrected chi connectivity index (χ1v) is 12.2. The molecule has 1 aliphatic heterocycles. The quantitative estimate of drug-likeness (QED) is 0.282. The molecule has 0 aromatic heterocycles. The minimum atomic E-state index is 0.100. The van der Waals surface area contributed by atoms with Gasteiger partial charge in [0.2, 0.25) is 0 Å². The monoisotopic (exact) mass is 472 g/mol. The predicted octanol–water partition coefficient (Wildman–Crippen LogP) is 2.98. The first-order chi connectivity index (χ1) is 17.0. The molecule has 0 unspecified atom stereocenters. The number of nitrogens with two attached hydrogens (primary N) is 2. The Balaban J connectivity index is 1.41. The van der Waals surface area contributed by atoms with Crippen LogP contribution in [0.1, 0.15) is 21.5 Å². The maximum Gasteiger partial charge on any atom is 0.253 e. The van der Waals surface area contributed by atoms with Gasteiger partial charge in [0.05, 0.1) is 11.4 Å². The molecular formula is C28H36N6O. The largest absolute Gasteiger partial charge is 0.397 e. The number of anilines is 2. The van der Waals surface area contributed by atoms with E-state index in [1.54, 1.807) is 0 Å². The molecule has 0 radical (unpaired) electrons. The van der Waals surface area contributed by atoms with E-state index in [4.69, 9.17) is 11.5 Å². The topological polar surface area (TPSA) is 99.6 Å². The van der Waals surface area contributed by atoms with E-state index in [2.05, 4.69) is 52.9 Å². The van der Waals surface area contributed by atoms with Gasteiger partial charge in [0.15, 0.2) is 0 Å². The summed E-state index contributed by atoms with van der Waals surface area (Å²) in [6.07, 6.45) is 0. The van der Waals surface area contributed by atoms with Crippen LogP contribution in [0.5, 0.6) is 0 Å². The van der Waals surface area contributed by atoms with Gasteiger partial charge in [0.1, 0.15) is 0 Å². The van der Waals surface area contributed by atoms with E-state index in [0.717, 1.165) is 67.2 Å². The lowest BCUT2D eigenvalue weighted by Gasteiger charge is -2.32. The number of nitrogens with one attached hydrogen (secondary N) is 2. The number of carbonyl (C=O) groups is 1. The minimum Gasteiger partial charge on any atom is -0.397 e. The van der Waals surface area contributed by atoms with Crippen LogP contribution in [0.25, 0.3) is 11.1 Å². The number of hydrogen-bond acceptors (Lipinski definition) is 6. The first kappa shape index (κ1) is 24.7. The summed E-state index contributed by atoms with van der Waals surface area (Å²) in [6.45, 7) is 6.20. The summed E-state index contributed by atoms with van der Waals surface area (Å²) in [5, 5.41) is 6.77. The van der Waals surface area contributed by atoms with E-state index in [0.29, 0.717) is 18.8 Å². The Morgan fingerprint density at radius 3 is 2.37 bits per heavy atom. The van der Waals surface area contributed by atoms with E-state index in [-0.39, 0.29) is 5.91 Å². The highest BCUT2D eigenvalue weighted by molar-refractivity contribution is 5.94. The van der Waals surface area contributed by atoms with Crippen LogP contribution in [-0.4, -0.2) is 62.0 Å². The van der Waals surface area contributed by atoms with Crippen molar-refractivity contribution < 1.29 is 4.79 Å². The summed E-state index contributed by atoms with van der Waals surface area (Å²) in [5.74, 6) is 0.100. The smallest absolute Gasteiger partial charge is 0.253 e. The maximum atomic E-state index is 12.9. The lowest BCUT2D eigenvalue weighted by Crippen LogP contribution is -2.47. The molecule has 6 N–H and O–H groups in total. The fraction of sp³-hybridized carbons (Fsp3) is 0.321. The number of nitrogens with zero attached hydrogens (tertiary/aromatic N) is 2. The third-order valence-electron chi connectivity index (χ3n) is 6.44. The van der Waals surface area contributed by atoms with Gasteiger partial charge in [-0.15, -0.1) is 0 Å². The first-order valence-electron chi connectivity index (χ1n) is 12.2. The number of rotatable bonds is 9. The van der Waals surface area contributed by atoms with Crippen LogP contribution in [0, 0.1) is 0 Å². The molecule has 7 heteroatoms. The van der Waals surface area contributed by atoms with Crippen LogP contribution in [0.15, 0.2) is 66.7 Å². The molecule has 0 bridgehead atoms. The highest BCUT2D eigenvalue weighted by Gasteiger charge is 2.20. The summed E-state index contributed by atoms with van der Waals surface area (Å²) in [6, 6.07) is 22.4. The zero-order valence-electron chi connectivity index (χ0n) is 20.5. The normalized spacial score (nSPS) is 14.2. The SMILES string of the molecule is CN1CCN(C(=O)c2cccc(CNc3cc(-c4ccc(CNCCN)cc4)ccc3N)c2)CC1. The molecule has 0 aliphatic carbocycles. The van der Waals surface area contributed by atoms with Gasteiger partial charge < -0.3 is 31.9 Å². The molecular weight excluding hydrogens is 436 g/mol. The van der Waals surface area contributed by atoms with Gasteiger partial charge in [-0.1, -0.05) is 42.5 Å². The van der Waals surface area contributed by atoms with E-state index in [1.807, 2.05) is 41.3 Å². The van der Waals surface area contributed by atoms with Gasteiger partial charge in [0.25, 0.3) is 5.91 Å². The Bertz CT molecular complexity index is 1120. The zero-order valence-corrected chi connectivity index (χ0v) is 20.5. The molecule has 0 spiro atoms. The fourth-order valence-corrected chi connectivity index (χ4v) is 4.24. The molecule has 0 saturated carbocycles. The Hall–Kier alpha value is -3.39. The molecule has 1 fully saturated rings. The van der Waals surface area contributed by atoms with Crippen LogP contribution < -0.4 is 22.1 Å². The van der Waals surface area contributed by atoms with Gasteiger partial charge >= 0.3 is 0 Å². The molecule has 7 nitrogen and oxygen atoms in total. The van der Waals surface area contributed by atoms with Gasteiger partial charge in [-0.05, 0) is 53.6 Å². The number of nitrogen functional groups attached to an aromatic ring is 1. The number of carbonyl (C=O) groups excluding carboxylic acids is 1. The predicted molar refractivity (Wildman–Crippen MR) is 144 cm³/mol. The molecule has 4 rings (SSSR count). The highest BCUT2D eigenvalue weighted by Crippen LogP contribution is 2.28. The van der Waals surface area contributed by atoms with Crippen LogP contribution in [-0.2, 0) is 13.1 Å². The van der Waals surface area contributed by atoms with Crippen molar-refractivity contribution in [2.24, 2.45) is 5.73 Å². The van der Waals surface area contributed by atoms with Crippen molar-refractivity contribution in [1.29, 1.82) is 0 Å². The number of piperazine rings is 1. The van der Waals surface area contributed by atoms with E-state index in [9.17, 15) is 4.79 Å². The summed E-state index contributed by atoms with van der Waals surface area (Å²) in [7, 11) is 2.09. The average molecular weight is 473 g/mol. The number of likely N-dealkylation sites (N-methyl/N-ethyl adjacent to an activating group) is 1. The minimum absolute atomic E-state index is 0.100. The van der Waals surface area contributed by atoms with Crippen LogP contribution >= 0.6 is 0 Å². The number of hydrogen-bond donors (Lipinski definition) is 4. The van der Waals surface area contributed by atoms with E-state index < -0.39 is 0 Å². The second kappa shape index (κ2) is 11.8. The summed E-state index contributed by atoms with van der Waals surface area (Å²) >= 11 is 0. The van der Waals surface area contributed by atoms with Crippen LogP contribution in [0.4, 0.5) is 11.4 Å². The van der Waals surface area contributed by atoms with Crippen molar-refractivity contribution in [3.8, 4) is 11.1 Å². The Morgan fingerprint density at radius 1 is 0.886 bits per heavy atom. The molecule has 1 amide bonds. The Morgan fingerprint density at radius 2 is 1.63 bits per heavy atom. The van der Waals surface area contributed by atoms with Crippen molar-refractivity contribution in [3.63, 3.8) is 0 Å². The molecule has 3 aromatic rings. The zero-order chi connectivity index (χ0) is 24.6. The summed E-state index contributed by atoms with van der Waals surface area (Å²) in [4.78, 5) is 17.1. The molecule has 184 valence electrons. The third-order valence-corrected chi connectivity index (χ3v) is 6.44. The fourth-order valence-electron chi connectivity index (χ4n) is 4.24. The van der Waals surface area contributed by atoms with Crippen molar-refractivity contribution in [1.82, 2.24) is 15.1 Å². The molecule has 1 heterocycles. The second-order valence-corrected chi connectivity index (χ2v) is 9.11. The summed E-state index contributed by atoms with van der Waals surface area (Å²) < 4.78 is 0. The van der Waals surface area contributed by atoms with Crippen molar-refractivity contribution >= 4 is 17.3 Å². The van der Waals surface area contributed by atoms with Crippen molar-refractivity contribution in [2.45, 2.75) is 13.1 Å². The van der Waals surface area contributed by atoms with Crippen molar-refractivity contribution in [2.75, 3.05) is 57.4 Å². The maximum absolute atomic E-state index is 12.9. The Kier molecular flexibility index (Phi) is 8.36. The molecule has 35 heavy (non-hydrogen) atoms. The molecule has 1 aliphatic rings. The molecule has 1 saturated heterocycles. The van der Waals surface area contributed by atoms with Gasteiger partial charge in [-0.2, -0.15) is 0 Å². The highest BCUT2D eigenvalue weighted by atomic mass is 16.2. The molecule has 3 aromatic carbocycles. The number of amides is 1.